The van der Waals surface area contributed by atoms with Gasteiger partial charge in [0.1, 0.15) is 0 Å². The Balaban J connectivity index is 1.51. The second-order valence-electron chi connectivity index (χ2n) is 6.27. The van der Waals surface area contributed by atoms with Crippen LogP contribution in [0, 0.1) is 0 Å². The number of hydrogen-bond donors (Lipinski definition) is 1. The van der Waals surface area contributed by atoms with Gasteiger partial charge in [0, 0.05) is 31.2 Å². The molecular formula is C19H22N2. The van der Waals surface area contributed by atoms with Gasteiger partial charge in [-0.25, -0.2) is 0 Å². The third-order valence-electron chi connectivity index (χ3n) is 4.85. The van der Waals surface area contributed by atoms with E-state index in [1.165, 1.54) is 42.7 Å². The standard InChI is InChI=1S/C19H22N2/c1-2-7-16-13-21(11-5-8-15(16)6-1)14-17-12-20-19-10-4-3-9-18(17)19/h1-4,6-7,9-10,17,20H,5,8,11-14H2. The molecule has 0 aliphatic carbocycles. The monoisotopic (exact) mass is 278 g/mol. The van der Waals surface area contributed by atoms with Crippen molar-refractivity contribution in [1.82, 2.24) is 4.90 Å². The van der Waals surface area contributed by atoms with E-state index >= 15 is 0 Å². The largest absolute Gasteiger partial charge is 0.384 e. The fraction of sp³-hybridized carbons (Fsp3) is 0.368. The molecule has 1 N–H and O–H groups in total. The van der Waals surface area contributed by atoms with E-state index in [0.29, 0.717) is 5.92 Å². The molecule has 2 nitrogen and oxygen atoms in total. The summed E-state index contributed by atoms with van der Waals surface area (Å²) in [6.45, 7) is 4.57. The lowest BCUT2D eigenvalue weighted by Gasteiger charge is -2.24. The molecule has 2 aromatic carbocycles. The summed E-state index contributed by atoms with van der Waals surface area (Å²) in [5, 5.41) is 3.55. The summed E-state index contributed by atoms with van der Waals surface area (Å²) in [5.74, 6) is 0.631. The van der Waals surface area contributed by atoms with Crippen molar-refractivity contribution in [3.05, 3.63) is 65.2 Å². The van der Waals surface area contributed by atoms with Crippen LogP contribution in [0.1, 0.15) is 29.0 Å². The third-order valence-corrected chi connectivity index (χ3v) is 4.85. The molecule has 0 spiro atoms. The quantitative estimate of drug-likeness (QED) is 0.902. The van der Waals surface area contributed by atoms with Crippen LogP contribution in [0.4, 0.5) is 5.69 Å². The molecule has 2 heterocycles. The van der Waals surface area contributed by atoms with Crippen molar-refractivity contribution < 1.29 is 0 Å². The minimum absolute atomic E-state index is 0.631. The van der Waals surface area contributed by atoms with Gasteiger partial charge in [0.05, 0.1) is 0 Å². The minimum atomic E-state index is 0.631. The van der Waals surface area contributed by atoms with Gasteiger partial charge in [0.15, 0.2) is 0 Å². The van der Waals surface area contributed by atoms with Gasteiger partial charge in [-0.15, -0.1) is 0 Å². The van der Waals surface area contributed by atoms with E-state index in [0.717, 1.165) is 13.1 Å². The molecule has 2 aliphatic heterocycles. The summed E-state index contributed by atoms with van der Waals surface area (Å²) in [6.07, 6.45) is 2.50. The van der Waals surface area contributed by atoms with E-state index in [-0.39, 0.29) is 0 Å². The van der Waals surface area contributed by atoms with E-state index in [1.54, 1.807) is 5.56 Å². The van der Waals surface area contributed by atoms with Crippen LogP contribution in [-0.4, -0.2) is 24.5 Å². The van der Waals surface area contributed by atoms with Gasteiger partial charge in [0.2, 0.25) is 0 Å². The van der Waals surface area contributed by atoms with Crippen molar-refractivity contribution in [1.29, 1.82) is 0 Å². The van der Waals surface area contributed by atoms with Crippen molar-refractivity contribution in [2.75, 3.05) is 25.0 Å². The SMILES string of the molecule is c1ccc2c(c1)CCCN(CC1CNc3ccccc31)C2. The van der Waals surface area contributed by atoms with Crippen LogP contribution in [0.2, 0.25) is 0 Å². The van der Waals surface area contributed by atoms with E-state index in [2.05, 4.69) is 58.7 Å². The van der Waals surface area contributed by atoms with Crippen molar-refractivity contribution in [3.8, 4) is 0 Å². The predicted molar refractivity (Wildman–Crippen MR) is 87.7 cm³/mol. The molecule has 21 heavy (non-hydrogen) atoms. The molecule has 0 saturated carbocycles. The second-order valence-corrected chi connectivity index (χ2v) is 6.27. The molecule has 108 valence electrons. The number of aryl methyl sites for hydroxylation is 1. The molecular weight excluding hydrogens is 256 g/mol. The van der Waals surface area contributed by atoms with Crippen molar-refractivity contribution in [3.63, 3.8) is 0 Å². The molecule has 2 aromatic rings. The van der Waals surface area contributed by atoms with E-state index in [1.807, 2.05) is 0 Å². The Kier molecular flexibility index (Phi) is 3.40. The highest BCUT2D eigenvalue weighted by Crippen LogP contribution is 2.32. The van der Waals surface area contributed by atoms with E-state index < -0.39 is 0 Å². The van der Waals surface area contributed by atoms with Crippen LogP contribution in [0.15, 0.2) is 48.5 Å². The smallest absolute Gasteiger partial charge is 0.0376 e. The summed E-state index contributed by atoms with van der Waals surface area (Å²) in [7, 11) is 0. The maximum atomic E-state index is 3.55. The van der Waals surface area contributed by atoms with E-state index in [4.69, 9.17) is 0 Å². The highest BCUT2D eigenvalue weighted by molar-refractivity contribution is 5.57. The fourth-order valence-electron chi connectivity index (χ4n) is 3.76. The molecule has 0 radical (unpaired) electrons. The molecule has 1 atom stereocenters. The first-order valence-electron chi connectivity index (χ1n) is 8.02. The Morgan fingerprint density at radius 2 is 1.81 bits per heavy atom. The first-order chi connectivity index (χ1) is 10.4. The average molecular weight is 278 g/mol. The first-order valence-corrected chi connectivity index (χ1v) is 8.02. The number of benzene rings is 2. The van der Waals surface area contributed by atoms with Gasteiger partial charge in [0.25, 0.3) is 0 Å². The van der Waals surface area contributed by atoms with Crippen molar-refractivity contribution in [2.24, 2.45) is 0 Å². The number of nitrogens with one attached hydrogen (secondary N) is 1. The summed E-state index contributed by atoms with van der Waals surface area (Å²) < 4.78 is 0. The number of fused-ring (bicyclic) bond motifs is 2. The third kappa shape index (κ3) is 2.56. The lowest BCUT2D eigenvalue weighted by atomic mass is 10.0. The van der Waals surface area contributed by atoms with Crippen molar-refractivity contribution >= 4 is 5.69 Å². The van der Waals surface area contributed by atoms with Crippen LogP contribution >= 0.6 is 0 Å². The first kappa shape index (κ1) is 12.9. The van der Waals surface area contributed by atoms with Crippen molar-refractivity contribution in [2.45, 2.75) is 25.3 Å². The Hall–Kier alpha value is -1.80. The average Bonchev–Trinajstić information content (AvgIpc) is 2.80. The summed E-state index contributed by atoms with van der Waals surface area (Å²) in [6, 6.07) is 17.7. The second kappa shape index (κ2) is 5.53. The molecule has 0 amide bonds. The number of hydrogen-bond acceptors (Lipinski definition) is 2. The van der Waals surface area contributed by atoms with Crippen LogP contribution in [-0.2, 0) is 13.0 Å². The number of rotatable bonds is 2. The van der Waals surface area contributed by atoms with Gasteiger partial charge in [-0.1, -0.05) is 42.5 Å². The number of nitrogens with zero attached hydrogens (tertiary/aromatic N) is 1. The van der Waals surface area contributed by atoms with Gasteiger partial charge >= 0.3 is 0 Å². The number of para-hydroxylation sites is 1. The van der Waals surface area contributed by atoms with Gasteiger partial charge in [-0.2, -0.15) is 0 Å². The molecule has 0 aromatic heterocycles. The van der Waals surface area contributed by atoms with Crippen LogP contribution in [0.5, 0.6) is 0 Å². The van der Waals surface area contributed by atoms with E-state index in [9.17, 15) is 0 Å². The Morgan fingerprint density at radius 3 is 2.76 bits per heavy atom. The zero-order valence-corrected chi connectivity index (χ0v) is 12.4. The highest BCUT2D eigenvalue weighted by atomic mass is 15.1. The zero-order valence-electron chi connectivity index (χ0n) is 12.4. The van der Waals surface area contributed by atoms with Gasteiger partial charge in [-0.05, 0) is 42.1 Å². The molecule has 2 heteroatoms. The Morgan fingerprint density at radius 1 is 1.00 bits per heavy atom. The molecule has 1 unspecified atom stereocenters. The minimum Gasteiger partial charge on any atom is -0.384 e. The maximum Gasteiger partial charge on any atom is 0.0376 e. The zero-order chi connectivity index (χ0) is 14.1. The summed E-state index contributed by atoms with van der Waals surface area (Å²) in [4.78, 5) is 2.64. The number of anilines is 1. The van der Waals surface area contributed by atoms with Crippen LogP contribution in [0.25, 0.3) is 0 Å². The van der Waals surface area contributed by atoms with Gasteiger partial charge < -0.3 is 5.32 Å². The Labute approximate surface area is 126 Å². The van der Waals surface area contributed by atoms with Crippen LogP contribution < -0.4 is 5.32 Å². The maximum absolute atomic E-state index is 3.55. The topological polar surface area (TPSA) is 15.3 Å². The predicted octanol–water partition coefficient (Wildman–Crippen LogP) is 3.64. The normalized spacial score (nSPS) is 21.2. The molecule has 0 fully saturated rings. The van der Waals surface area contributed by atoms with Crippen LogP contribution in [0.3, 0.4) is 0 Å². The molecule has 4 rings (SSSR count). The van der Waals surface area contributed by atoms with Gasteiger partial charge in [-0.3, -0.25) is 4.90 Å². The molecule has 0 bridgehead atoms. The highest BCUT2D eigenvalue weighted by Gasteiger charge is 2.24. The fourth-order valence-corrected chi connectivity index (χ4v) is 3.76. The molecule has 0 saturated heterocycles. The lowest BCUT2D eigenvalue weighted by Crippen LogP contribution is -2.29. The lowest BCUT2D eigenvalue weighted by molar-refractivity contribution is 0.256. The molecule has 2 aliphatic rings. The Bertz CT molecular complexity index is 635. The summed E-state index contributed by atoms with van der Waals surface area (Å²) >= 11 is 0. The summed E-state index contributed by atoms with van der Waals surface area (Å²) in [5.41, 5.74) is 5.90.